The molecule has 0 unspecified atom stereocenters. The Morgan fingerprint density at radius 1 is 1.11 bits per heavy atom. The zero-order chi connectivity index (χ0) is 24.4. The number of nitriles is 1. The molecule has 9 heteroatoms. The first-order valence-corrected chi connectivity index (χ1v) is 11.2. The summed E-state index contributed by atoms with van der Waals surface area (Å²) in [6.45, 7) is 0.293. The highest BCUT2D eigenvalue weighted by Crippen LogP contribution is 2.39. The summed E-state index contributed by atoms with van der Waals surface area (Å²) in [6.07, 6.45) is 0.793. The summed E-state index contributed by atoms with van der Waals surface area (Å²) in [6, 6.07) is 23.4. The molecule has 1 saturated heterocycles. The summed E-state index contributed by atoms with van der Waals surface area (Å²) >= 11 is 6.07. The number of aromatic nitrogens is 3. The van der Waals surface area contributed by atoms with Crippen LogP contribution in [0.2, 0.25) is 5.02 Å². The standard InChI is InChI=1S/C26H20ClN5O3/c1-34-22-4-2-3-19(13-22)25-24(35-26(33)32(25)21-11-9-20(27)10-12-21)16-31-15-23(29-30-31)18-7-5-17(14-28)6-8-18/h2-13,15,24-25H,16H2,1H3/t24-,25-/m0/s1. The molecule has 3 aromatic carbocycles. The molecule has 0 spiro atoms. The van der Waals surface area contributed by atoms with Gasteiger partial charge in [0.1, 0.15) is 23.6 Å². The second-order valence-corrected chi connectivity index (χ2v) is 8.44. The molecule has 0 saturated carbocycles. The quantitative estimate of drug-likeness (QED) is 0.370. The summed E-state index contributed by atoms with van der Waals surface area (Å²) in [5.41, 5.74) is 3.61. The van der Waals surface area contributed by atoms with E-state index in [0.717, 1.165) is 11.1 Å². The Labute approximate surface area is 206 Å². The zero-order valence-electron chi connectivity index (χ0n) is 18.7. The lowest BCUT2D eigenvalue weighted by molar-refractivity contribution is 0.117. The van der Waals surface area contributed by atoms with E-state index < -0.39 is 18.2 Å². The van der Waals surface area contributed by atoms with Gasteiger partial charge in [-0.2, -0.15) is 5.26 Å². The van der Waals surface area contributed by atoms with E-state index in [2.05, 4.69) is 16.4 Å². The number of carbonyl (C=O) groups excluding carboxylic acids is 1. The molecule has 1 aromatic heterocycles. The van der Waals surface area contributed by atoms with Crippen LogP contribution in [0, 0.1) is 11.3 Å². The van der Waals surface area contributed by atoms with Crippen molar-refractivity contribution in [3.63, 3.8) is 0 Å². The summed E-state index contributed by atoms with van der Waals surface area (Å²) in [7, 11) is 1.60. The monoisotopic (exact) mass is 485 g/mol. The lowest BCUT2D eigenvalue weighted by Crippen LogP contribution is -2.31. The van der Waals surface area contributed by atoms with Gasteiger partial charge in [-0.15, -0.1) is 5.10 Å². The smallest absolute Gasteiger partial charge is 0.415 e. The van der Waals surface area contributed by atoms with Crippen LogP contribution >= 0.6 is 11.6 Å². The van der Waals surface area contributed by atoms with E-state index in [4.69, 9.17) is 26.3 Å². The van der Waals surface area contributed by atoms with Gasteiger partial charge in [-0.1, -0.05) is 41.1 Å². The second kappa shape index (κ2) is 9.49. The minimum atomic E-state index is -0.541. The van der Waals surface area contributed by atoms with Crippen LogP contribution in [0.15, 0.2) is 79.0 Å². The van der Waals surface area contributed by atoms with Crippen molar-refractivity contribution >= 4 is 23.4 Å². The molecule has 174 valence electrons. The number of nitrogens with zero attached hydrogens (tertiary/aromatic N) is 5. The van der Waals surface area contributed by atoms with Gasteiger partial charge in [-0.05, 0) is 54.1 Å². The Balaban J connectivity index is 1.47. The summed E-state index contributed by atoms with van der Waals surface area (Å²) < 4.78 is 12.9. The number of rotatable bonds is 6. The number of ether oxygens (including phenoxy) is 2. The highest BCUT2D eigenvalue weighted by molar-refractivity contribution is 6.30. The van der Waals surface area contributed by atoms with Crippen LogP contribution in [-0.4, -0.2) is 34.3 Å². The third-order valence-corrected chi connectivity index (χ3v) is 6.09. The van der Waals surface area contributed by atoms with Gasteiger partial charge in [-0.3, -0.25) is 4.90 Å². The molecule has 5 rings (SSSR count). The van der Waals surface area contributed by atoms with Crippen LogP contribution in [-0.2, 0) is 11.3 Å². The molecular weight excluding hydrogens is 466 g/mol. The molecule has 1 aliphatic rings. The molecule has 0 bridgehead atoms. The van der Waals surface area contributed by atoms with Crippen LogP contribution in [0.4, 0.5) is 10.5 Å². The molecule has 4 aromatic rings. The van der Waals surface area contributed by atoms with Crippen molar-refractivity contribution in [2.45, 2.75) is 18.7 Å². The van der Waals surface area contributed by atoms with Gasteiger partial charge in [0.2, 0.25) is 0 Å². The van der Waals surface area contributed by atoms with Crippen LogP contribution in [0.5, 0.6) is 5.75 Å². The number of anilines is 1. The molecule has 2 atom stereocenters. The number of carbonyl (C=O) groups is 1. The maximum Gasteiger partial charge on any atom is 0.415 e. The average molecular weight is 486 g/mol. The number of amides is 1. The van der Waals surface area contributed by atoms with Crippen molar-refractivity contribution in [2.24, 2.45) is 0 Å². The van der Waals surface area contributed by atoms with Crippen molar-refractivity contribution in [1.82, 2.24) is 15.0 Å². The highest BCUT2D eigenvalue weighted by Gasteiger charge is 2.44. The van der Waals surface area contributed by atoms with E-state index in [1.54, 1.807) is 59.3 Å². The Morgan fingerprint density at radius 3 is 2.60 bits per heavy atom. The van der Waals surface area contributed by atoms with Gasteiger partial charge < -0.3 is 9.47 Å². The van der Waals surface area contributed by atoms with E-state index in [1.807, 2.05) is 36.4 Å². The lowest BCUT2D eigenvalue weighted by atomic mass is 9.99. The van der Waals surface area contributed by atoms with Crippen molar-refractivity contribution in [3.05, 3.63) is 95.1 Å². The number of cyclic esters (lactones) is 1. The van der Waals surface area contributed by atoms with Crippen molar-refractivity contribution in [2.75, 3.05) is 12.0 Å². The molecule has 1 fully saturated rings. The number of methoxy groups -OCH3 is 1. The average Bonchev–Trinajstić information content (AvgIpc) is 3.49. The van der Waals surface area contributed by atoms with E-state index >= 15 is 0 Å². The van der Waals surface area contributed by atoms with E-state index in [0.29, 0.717) is 34.3 Å². The summed E-state index contributed by atoms with van der Waals surface area (Å²) in [5, 5.41) is 18.1. The minimum absolute atomic E-state index is 0.293. The Hall–Kier alpha value is -4.35. The van der Waals surface area contributed by atoms with E-state index in [9.17, 15) is 4.79 Å². The highest BCUT2D eigenvalue weighted by atomic mass is 35.5. The maximum atomic E-state index is 13.1. The molecule has 2 heterocycles. The van der Waals surface area contributed by atoms with Gasteiger partial charge in [0, 0.05) is 16.3 Å². The fourth-order valence-corrected chi connectivity index (χ4v) is 4.27. The van der Waals surface area contributed by atoms with Gasteiger partial charge in [0.25, 0.3) is 0 Å². The van der Waals surface area contributed by atoms with Crippen molar-refractivity contribution < 1.29 is 14.3 Å². The fourth-order valence-electron chi connectivity index (χ4n) is 4.14. The Kier molecular flexibility index (Phi) is 6.08. The van der Waals surface area contributed by atoms with Crippen LogP contribution in [0.1, 0.15) is 17.2 Å². The molecule has 1 aliphatic heterocycles. The normalized spacial score (nSPS) is 17.2. The molecule has 0 aliphatic carbocycles. The van der Waals surface area contributed by atoms with E-state index in [-0.39, 0.29) is 0 Å². The lowest BCUT2D eigenvalue weighted by Gasteiger charge is -2.25. The molecule has 8 nitrogen and oxygen atoms in total. The zero-order valence-corrected chi connectivity index (χ0v) is 19.5. The maximum absolute atomic E-state index is 13.1. The van der Waals surface area contributed by atoms with Gasteiger partial charge >= 0.3 is 6.09 Å². The molecule has 0 N–H and O–H groups in total. The SMILES string of the molecule is COc1cccc([C@H]2[C@H](Cn3cc(-c4ccc(C#N)cc4)nn3)OC(=O)N2c2ccc(Cl)cc2)c1. The first kappa shape index (κ1) is 22.4. The Morgan fingerprint density at radius 2 is 1.89 bits per heavy atom. The third kappa shape index (κ3) is 4.54. The molecule has 1 amide bonds. The van der Waals surface area contributed by atoms with Crippen LogP contribution in [0.25, 0.3) is 11.3 Å². The van der Waals surface area contributed by atoms with Crippen LogP contribution < -0.4 is 9.64 Å². The number of halogens is 1. The van der Waals surface area contributed by atoms with Gasteiger partial charge in [-0.25, -0.2) is 9.48 Å². The fraction of sp³-hybridized carbons (Fsp3) is 0.154. The number of benzene rings is 3. The molecule has 0 radical (unpaired) electrons. The number of hydrogen-bond acceptors (Lipinski definition) is 6. The summed E-state index contributed by atoms with van der Waals surface area (Å²) in [5.74, 6) is 0.681. The first-order valence-electron chi connectivity index (χ1n) is 10.9. The van der Waals surface area contributed by atoms with Crippen molar-refractivity contribution in [1.29, 1.82) is 5.26 Å². The molecule has 35 heavy (non-hydrogen) atoms. The minimum Gasteiger partial charge on any atom is -0.497 e. The largest absolute Gasteiger partial charge is 0.497 e. The third-order valence-electron chi connectivity index (χ3n) is 5.83. The van der Waals surface area contributed by atoms with Gasteiger partial charge in [0.05, 0.1) is 31.5 Å². The Bertz CT molecular complexity index is 1400. The topological polar surface area (TPSA) is 93.3 Å². The van der Waals surface area contributed by atoms with Gasteiger partial charge in [0.15, 0.2) is 0 Å². The van der Waals surface area contributed by atoms with E-state index in [1.165, 1.54) is 0 Å². The van der Waals surface area contributed by atoms with Crippen LogP contribution in [0.3, 0.4) is 0 Å². The predicted molar refractivity (Wildman–Crippen MR) is 130 cm³/mol. The van der Waals surface area contributed by atoms with Crippen molar-refractivity contribution in [3.8, 4) is 23.1 Å². The second-order valence-electron chi connectivity index (χ2n) is 8.01. The molecular formula is C26H20ClN5O3. The number of hydrogen-bond donors (Lipinski definition) is 0. The predicted octanol–water partition coefficient (Wildman–Crippen LogP) is 5.25. The summed E-state index contributed by atoms with van der Waals surface area (Å²) in [4.78, 5) is 14.7. The first-order chi connectivity index (χ1) is 17.1.